The minimum Gasteiger partial charge on any atom is -0.425 e. The number of rotatable bonds is 0. The van der Waals surface area contributed by atoms with Gasteiger partial charge in [0.1, 0.15) is 5.52 Å². The van der Waals surface area contributed by atoms with Crippen molar-refractivity contribution in [2.75, 3.05) is 0 Å². The Bertz CT molecular complexity index is 573. The van der Waals surface area contributed by atoms with Gasteiger partial charge in [-0.25, -0.2) is 0 Å². The number of nitrogens with zero attached hydrogens (tertiary/aromatic N) is 2. The molecule has 0 unspecified atom stereocenters. The summed E-state index contributed by atoms with van der Waals surface area (Å²) in [6.45, 7) is 0. The summed E-state index contributed by atoms with van der Waals surface area (Å²) in [5.41, 5.74) is -0.721. The molecule has 0 aromatic carbocycles. The highest BCUT2D eigenvalue weighted by molar-refractivity contribution is 5.85. The Morgan fingerprint density at radius 3 is 2.57 bits per heavy atom. The molecule has 6 heteroatoms. The van der Waals surface area contributed by atoms with Crippen molar-refractivity contribution >= 4 is 17.9 Å². The summed E-state index contributed by atoms with van der Waals surface area (Å²) < 4.78 is 1.91. The van der Waals surface area contributed by atoms with Crippen LogP contribution in [0.5, 0.6) is 0 Å². The van der Waals surface area contributed by atoms with Gasteiger partial charge in [-0.2, -0.15) is 4.73 Å². The summed E-state index contributed by atoms with van der Waals surface area (Å²) in [6.07, 6.45) is 4.16. The lowest BCUT2D eigenvalue weighted by molar-refractivity contribution is 0.175. The molecular weight excluding hydrogens is 208 g/mol. The van der Waals surface area contributed by atoms with Crippen LogP contribution < -0.4 is 11.0 Å². The molecule has 0 amide bonds. The number of halogens is 1. The fourth-order valence-corrected chi connectivity index (χ4v) is 1.11. The van der Waals surface area contributed by atoms with Gasteiger partial charge in [0, 0.05) is 24.5 Å². The highest BCUT2D eigenvalue weighted by Gasteiger charge is 1.99. The average Bonchev–Trinajstić information content (AvgIpc) is 2.12. The minimum absolute atomic E-state index is 0. The number of fused-ring (bicyclic) bond motifs is 1. The summed E-state index contributed by atoms with van der Waals surface area (Å²) in [7, 11) is 0. The zero-order valence-corrected chi connectivity index (χ0v) is 7.77. The molecule has 5 nitrogen and oxygen atoms in total. The van der Waals surface area contributed by atoms with Crippen LogP contribution in [-0.2, 0) is 0 Å². The summed E-state index contributed by atoms with van der Waals surface area (Å²) in [4.78, 5) is 22.1. The Morgan fingerprint density at radius 1 is 1.14 bits per heavy atom. The second-order valence-electron chi connectivity index (χ2n) is 2.60. The molecule has 1 N–H and O–H groups in total. The van der Waals surface area contributed by atoms with Crippen molar-refractivity contribution in [3.8, 4) is 0 Å². The molecule has 0 fully saturated rings. The van der Waals surface area contributed by atoms with Crippen LogP contribution in [-0.4, -0.2) is 14.3 Å². The van der Waals surface area contributed by atoms with Gasteiger partial charge < -0.3 is 9.61 Å². The molecule has 2 aromatic heterocycles. The monoisotopic (exact) mass is 214 g/mol. The second-order valence-corrected chi connectivity index (χ2v) is 2.60. The molecule has 2 aromatic rings. The lowest BCUT2D eigenvalue weighted by Gasteiger charge is -2.00. The van der Waals surface area contributed by atoms with Gasteiger partial charge in [-0.3, -0.25) is 9.59 Å². The maximum Gasteiger partial charge on any atom is 0.307 e. The molecule has 0 aliphatic rings. The second kappa shape index (κ2) is 3.55. The molecule has 0 radical (unpaired) electrons. The Kier molecular flexibility index (Phi) is 2.62. The van der Waals surface area contributed by atoms with Crippen LogP contribution in [0.2, 0.25) is 0 Å². The van der Waals surface area contributed by atoms with E-state index in [-0.39, 0.29) is 23.4 Å². The van der Waals surface area contributed by atoms with Gasteiger partial charge in [-0.15, -0.1) is 12.4 Å². The van der Waals surface area contributed by atoms with Crippen LogP contribution in [0.4, 0.5) is 0 Å². The highest BCUT2D eigenvalue weighted by Crippen LogP contribution is 1.90. The molecular formula is C8H7ClN2O3. The first-order valence-corrected chi connectivity index (χ1v) is 3.61. The van der Waals surface area contributed by atoms with Crippen LogP contribution in [0.3, 0.4) is 0 Å². The van der Waals surface area contributed by atoms with Crippen molar-refractivity contribution in [2.24, 2.45) is 0 Å². The van der Waals surface area contributed by atoms with Gasteiger partial charge in [0.05, 0.1) is 6.20 Å². The number of hydrogen-bond acceptors (Lipinski definition) is 3. The van der Waals surface area contributed by atoms with Gasteiger partial charge in [0.25, 0.3) is 0 Å². The summed E-state index contributed by atoms with van der Waals surface area (Å²) in [5, 5.41) is 9.00. The molecule has 2 rings (SSSR count). The van der Waals surface area contributed by atoms with Crippen LogP contribution in [0.15, 0.2) is 40.3 Å². The smallest absolute Gasteiger partial charge is 0.307 e. The molecule has 2 heterocycles. The average molecular weight is 215 g/mol. The first-order chi connectivity index (χ1) is 6.18. The molecule has 0 bridgehead atoms. The lowest BCUT2D eigenvalue weighted by Crippen LogP contribution is -2.20. The van der Waals surface area contributed by atoms with Crippen LogP contribution in [0.25, 0.3) is 5.52 Å². The fourth-order valence-electron chi connectivity index (χ4n) is 1.11. The van der Waals surface area contributed by atoms with E-state index in [1.807, 2.05) is 0 Å². The molecule has 0 saturated carbocycles. The fraction of sp³-hybridized carbons (Fsp3) is 0. The van der Waals surface area contributed by atoms with Crippen LogP contribution in [0.1, 0.15) is 0 Å². The normalized spacial score (nSPS) is 9.71. The Balaban J connectivity index is 0.000000980. The zero-order chi connectivity index (χ0) is 9.42. The largest absolute Gasteiger partial charge is 0.425 e. The quantitative estimate of drug-likeness (QED) is 0.634. The van der Waals surface area contributed by atoms with Gasteiger partial charge in [0.15, 0.2) is 5.43 Å². The standard InChI is InChI=1S/C8H6N2O3.ClH/c11-6-1-2-9-3-4-10(13)8(12)7(9)5-6;/h1-5,13H;1H. The predicted molar refractivity (Wildman–Crippen MR) is 52.4 cm³/mol. The van der Waals surface area contributed by atoms with Crippen molar-refractivity contribution in [3.05, 3.63) is 51.3 Å². The SMILES string of the molecule is Cl.O=c1ccn2ccn(O)c(=O)c2c1. The van der Waals surface area contributed by atoms with E-state index in [1.165, 1.54) is 35.1 Å². The first kappa shape index (κ1) is 10.3. The Morgan fingerprint density at radius 2 is 1.86 bits per heavy atom. The van der Waals surface area contributed by atoms with E-state index in [0.717, 1.165) is 0 Å². The van der Waals surface area contributed by atoms with Gasteiger partial charge in [-0.05, 0) is 0 Å². The third kappa shape index (κ3) is 1.49. The maximum absolute atomic E-state index is 11.2. The van der Waals surface area contributed by atoms with Crippen LogP contribution >= 0.6 is 12.4 Å². The van der Waals surface area contributed by atoms with Crippen molar-refractivity contribution in [2.45, 2.75) is 0 Å². The molecule has 0 saturated heterocycles. The van der Waals surface area contributed by atoms with E-state index in [1.54, 1.807) is 0 Å². The van der Waals surface area contributed by atoms with Crippen molar-refractivity contribution in [1.29, 1.82) is 0 Å². The maximum atomic E-state index is 11.2. The Labute approximate surface area is 84.2 Å². The summed E-state index contributed by atoms with van der Waals surface area (Å²) in [5.74, 6) is 0. The van der Waals surface area contributed by atoms with E-state index in [9.17, 15) is 9.59 Å². The zero-order valence-electron chi connectivity index (χ0n) is 6.95. The predicted octanol–water partition coefficient (Wildman–Crippen LogP) is 0.120. The van der Waals surface area contributed by atoms with E-state index < -0.39 is 5.56 Å². The molecule has 0 atom stereocenters. The third-order valence-corrected chi connectivity index (χ3v) is 1.75. The Hall–Kier alpha value is -1.75. The molecule has 14 heavy (non-hydrogen) atoms. The van der Waals surface area contributed by atoms with Crippen LogP contribution in [0, 0.1) is 0 Å². The molecule has 0 aliphatic carbocycles. The van der Waals surface area contributed by atoms with Gasteiger partial charge >= 0.3 is 5.56 Å². The van der Waals surface area contributed by atoms with Gasteiger partial charge in [-0.1, -0.05) is 0 Å². The molecule has 0 aliphatic heterocycles. The van der Waals surface area contributed by atoms with Crippen molar-refractivity contribution in [1.82, 2.24) is 9.13 Å². The lowest BCUT2D eigenvalue weighted by atomic mass is 10.4. The minimum atomic E-state index is -0.611. The van der Waals surface area contributed by atoms with E-state index in [2.05, 4.69) is 0 Å². The third-order valence-electron chi connectivity index (χ3n) is 1.75. The van der Waals surface area contributed by atoms with Crippen molar-refractivity contribution in [3.63, 3.8) is 0 Å². The van der Waals surface area contributed by atoms with E-state index in [4.69, 9.17) is 5.21 Å². The molecule has 0 spiro atoms. The number of pyridine rings is 1. The number of hydrogen-bond donors (Lipinski definition) is 1. The van der Waals surface area contributed by atoms with Gasteiger partial charge in [0.2, 0.25) is 0 Å². The first-order valence-electron chi connectivity index (χ1n) is 3.61. The topological polar surface area (TPSA) is 63.7 Å². The number of aromatic nitrogens is 2. The van der Waals surface area contributed by atoms with Crippen molar-refractivity contribution < 1.29 is 5.21 Å². The highest BCUT2D eigenvalue weighted by atomic mass is 35.5. The molecule has 74 valence electrons. The summed E-state index contributed by atoms with van der Waals surface area (Å²) >= 11 is 0. The summed E-state index contributed by atoms with van der Waals surface area (Å²) in [6, 6.07) is 2.52. The van der Waals surface area contributed by atoms with E-state index >= 15 is 0 Å². The van der Waals surface area contributed by atoms with E-state index in [0.29, 0.717) is 4.73 Å².